The van der Waals surface area contributed by atoms with Gasteiger partial charge in [0, 0.05) is 6.54 Å². The number of hydrogen-bond acceptors (Lipinski definition) is 6. The van der Waals surface area contributed by atoms with E-state index in [0.29, 0.717) is 18.1 Å². The minimum Gasteiger partial charge on any atom is -0.464 e. The molecule has 0 unspecified atom stereocenters. The normalized spacial score (nSPS) is 10.6. The van der Waals surface area contributed by atoms with Crippen molar-refractivity contribution in [1.82, 2.24) is 29.9 Å². The van der Waals surface area contributed by atoms with Crippen LogP contribution in [-0.2, 0) is 6.54 Å². The second kappa shape index (κ2) is 5.72. The summed E-state index contributed by atoms with van der Waals surface area (Å²) in [6, 6.07) is 0.205. The standard InChI is InChI=1S/C10H13ClN6O/c1-3-5-17-7(6-12-16-17)8-13-9(11)15-10(14-8)18-4-2/h6H,3-5H2,1-2H3. The molecule has 0 aliphatic carbocycles. The summed E-state index contributed by atoms with van der Waals surface area (Å²) in [5, 5.41) is 7.91. The van der Waals surface area contributed by atoms with Crippen LogP contribution in [-0.4, -0.2) is 36.6 Å². The van der Waals surface area contributed by atoms with E-state index in [-0.39, 0.29) is 11.3 Å². The Morgan fingerprint density at radius 2 is 2.11 bits per heavy atom. The van der Waals surface area contributed by atoms with Gasteiger partial charge in [-0.2, -0.15) is 15.0 Å². The Morgan fingerprint density at radius 1 is 1.28 bits per heavy atom. The van der Waals surface area contributed by atoms with Gasteiger partial charge in [0.05, 0.1) is 12.8 Å². The monoisotopic (exact) mass is 268 g/mol. The van der Waals surface area contributed by atoms with Crippen molar-refractivity contribution < 1.29 is 4.74 Å². The molecule has 2 rings (SSSR count). The van der Waals surface area contributed by atoms with Gasteiger partial charge in [0.15, 0.2) is 5.82 Å². The van der Waals surface area contributed by atoms with E-state index < -0.39 is 0 Å². The fourth-order valence-corrected chi connectivity index (χ4v) is 1.60. The molecule has 0 saturated carbocycles. The van der Waals surface area contributed by atoms with Crippen molar-refractivity contribution in [2.24, 2.45) is 0 Å². The number of ether oxygens (including phenoxy) is 1. The Kier molecular flexibility index (Phi) is 4.03. The summed E-state index contributed by atoms with van der Waals surface area (Å²) < 4.78 is 6.95. The molecular weight excluding hydrogens is 256 g/mol. The molecular formula is C10H13ClN6O. The van der Waals surface area contributed by atoms with Crippen LogP contribution in [0.15, 0.2) is 6.20 Å². The van der Waals surface area contributed by atoms with Gasteiger partial charge in [-0.15, -0.1) is 5.10 Å². The van der Waals surface area contributed by atoms with Crippen LogP contribution < -0.4 is 4.74 Å². The summed E-state index contributed by atoms with van der Waals surface area (Å²) in [5.41, 5.74) is 0.696. The molecule has 0 N–H and O–H groups in total. The topological polar surface area (TPSA) is 78.6 Å². The van der Waals surface area contributed by atoms with Gasteiger partial charge < -0.3 is 4.74 Å². The Labute approximate surface area is 109 Å². The first-order valence-corrected chi connectivity index (χ1v) is 6.05. The van der Waals surface area contributed by atoms with Crippen molar-refractivity contribution in [3.05, 3.63) is 11.5 Å². The maximum atomic E-state index is 5.84. The van der Waals surface area contributed by atoms with E-state index in [0.717, 1.165) is 13.0 Å². The third-order valence-electron chi connectivity index (χ3n) is 2.14. The molecule has 0 fully saturated rings. The highest BCUT2D eigenvalue weighted by Gasteiger charge is 2.13. The molecule has 0 bridgehead atoms. The van der Waals surface area contributed by atoms with Gasteiger partial charge in [-0.25, -0.2) is 4.68 Å². The van der Waals surface area contributed by atoms with E-state index in [4.69, 9.17) is 16.3 Å². The van der Waals surface area contributed by atoms with Crippen molar-refractivity contribution in [2.75, 3.05) is 6.61 Å². The summed E-state index contributed by atoms with van der Waals surface area (Å²) in [6.07, 6.45) is 2.53. The summed E-state index contributed by atoms with van der Waals surface area (Å²) >= 11 is 5.84. The number of rotatable bonds is 5. The van der Waals surface area contributed by atoms with E-state index in [9.17, 15) is 0 Å². The lowest BCUT2D eigenvalue weighted by molar-refractivity contribution is 0.311. The molecule has 0 radical (unpaired) electrons. The molecule has 0 atom stereocenters. The molecule has 7 nitrogen and oxygen atoms in total. The first kappa shape index (κ1) is 12.7. The predicted molar refractivity (Wildman–Crippen MR) is 65.3 cm³/mol. The van der Waals surface area contributed by atoms with Crippen molar-refractivity contribution >= 4 is 11.6 Å². The summed E-state index contributed by atoms with van der Waals surface area (Å²) in [7, 11) is 0. The van der Waals surface area contributed by atoms with Crippen LogP contribution in [0.4, 0.5) is 0 Å². The zero-order valence-corrected chi connectivity index (χ0v) is 10.9. The molecule has 96 valence electrons. The van der Waals surface area contributed by atoms with Crippen molar-refractivity contribution in [2.45, 2.75) is 26.8 Å². The molecule has 2 aromatic rings. The molecule has 0 spiro atoms. The number of halogens is 1. The average molecular weight is 269 g/mol. The minimum absolute atomic E-state index is 0.0905. The summed E-state index contributed by atoms with van der Waals surface area (Å²) in [4.78, 5) is 12.1. The molecule has 18 heavy (non-hydrogen) atoms. The lowest BCUT2D eigenvalue weighted by Gasteiger charge is -2.05. The maximum Gasteiger partial charge on any atom is 0.321 e. The molecule has 0 saturated heterocycles. The maximum absolute atomic E-state index is 5.84. The van der Waals surface area contributed by atoms with E-state index >= 15 is 0 Å². The predicted octanol–water partition coefficient (Wildman–Crippen LogP) is 1.59. The van der Waals surface area contributed by atoms with E-state index in [1.807, 2.05) is 6.92 Å². The number of aryl methyl sites for hydroxylation is 1. The smallest absolute Gasteiger partial charge is 0.321 e. The van der Waals surface area contributed by atoms with Crippen molar-refractivity contribution in [3.63, 3.8) is 0 Å². The van der Waals surface area contributed by atoms with Crippen LogP contribution in [0.1, 0.15) is 20.3 Å². The summed E-state index contributed by atoms with van der Waals surface area (Å²) in [6.45, 7) is 5.10. The zero-order valence-electron chi connectivity index (χ0n) is 10.2. The Bertz CT molecular complexity index is 529. The molecule has 0 aliphatic rings. The molecule has 2 aromatic heterocycles. The molecule has 8 heteroatoms. The first-order chi connectivity index (χ1) is 8.74. The Hall–Kier alpha value is -1.76. The first-order valence-electron chi connectivity index (χ1n) is 5.67. The largest absolute Gasteiger partial charge is 0.464 e. The molecule has 0 amide bonds. The highest BCUT2D eigenvalue weighted by Crippen LogP contribution is 2.18. The van der Waals surface area contributed by atoms with Gasteiger partial charge in [0.1, 0.15) is 5.69 Å². The van der Waals surface area contributed by atoms with Crippen LogP contribution in [0.25, 0.3) is 11.5 Å². The Balaban J connectivity index is 2.39. The third-order valence-corrected chi connectivity index (χ3v) is 2.31. The van der Waals surface area contributed by atoms with Gasteiger partial charge >= 0.3 is 6.01 Å². The minimum atomic E-state index is 0.0905. The number of aromatic nitrogens is 6. The fourth-order valence-electron chi connectivity index (χ4n) is 1.45. The SMILES string of the molecule is CCCn1nncc1-c1nc(Cl)nc(OCC)n1. The van der Waals surface area contributed by atoms with Gasteiger partial charge in [0.2, 0.25) is 5.28 Å². The van der Waals surface area contributed by atoms with Gasteiger partial charge in [0.25, 0.3) is 0 Å². The van der Waals surface area contributed by atoms with Crippen molar-refractivity contribution in [3.8, 4) is 17.5 Å². The lowest BCUT2D eigenvalue weighted by Crippen LogP contribution is -2.06. The molecule has 0 aromatic carbocycles. The second-order valence-corrected chi connectivity index (χ2v) is 3.82. The quantitative estimate of drug-likeness (QED) is 0.819. The number of hydrogen-bond donors (Lipinski definition) is 0. The second-order valence-electron chi connectivity index (χ2n) is 3.49. The van der Waals surface area contributed by atoms with Crippen LogP contribution >= 0.6 is 11.6 Å². The van der Waals surface area contributed by atoms with E-state index in [1.54, 1.807) is 10.9 Å². The van der Waals surface area contributed by atoms with Crippen LogP contribution in [0.2, 0.25) is 5.28 Å². The van der Waals surface area contributed by atoms with Crippen molar-refractivity contribution in [1.29, 1.82) is 0 Å². The third kappa shape index (κ3) is 2.73. The van der Waals surface area contributed by atoms with Gasteiger partial charge in [-0.05, 0) is 24.9 Å². The average Bonchev–Trinajstić information content (AvgIpc) is 2.77. The highest BCUT2D eigenvalue weighted by atomic mass is 35.5. The zero-order chi connectivity index (χ0) is 13.0. The van der Waals surface area contributed by atoms with Crippen LogP contribution in [0.5, 0.6) is 6.01 Å². The summed E-state index contributed by atoms with van der Waals surface area (Å²) in [5.74, 6) is 0.414. The lowest BCUT2D eigenvalue weighted by atomic mass is 10.4. The highest BCUT2D eigenvalue weighted by molar-refractivity contribution is 6.28. The fraction of sp³-hybridized carbons (Fsp3) is 0.500. The number of nitrogens with zero attached hydrogens (tertiary/aromatic N) is 6. The van der Waals surface area contributed by atoms with E-state index in [2.05, 4.69) is 32.2 Å². The van der Waals surface area contributed by atoms with Crippen LogP contribution in [0.3, 0.4) is 0 Å². The van der Waals surface area contributed by atoms with Gasteiger partial charge in [-0.3, -0.25) is 0 Å². The van der Waals surface area contributed by atoms with E-state index in [1.165, 1.54) is 0 Å². The van der Waals surface area contributed by atoms with Gasteiger partial charge in [-0.1, -0.05) is 12.1 Å². The van der Waals surface area contributed by atoms with Crippen LogP contribution in [0, 0.1) is 0 Å². The Morgan fingerprint density at radius 3 is 2.83 bits per heavy atom. The molecule has 2 heterocycles. The molecule has 0 aliphatic heterocycles.